The van der Waals surface area contributed by atoms with Crippen molar-refractivity contribution < 1.29 is 14.3 Å². The average molecular weight is 285 g/mol. The van der Waals surface area contributed by atoms with Crippen LogP contribution < -0.4 is 5.73 Å². The van der Waals surface area contributed by atoms with Crippen LogP contribution in [0.25, 0.3) is 0 Å². The fourth-order valence-corrected chi connectivity index (χ4v) is 1.77. The van der Waals surface area contributed by atoms with Crippen LogP contribution in [0.5, 0.6) is 0 Å². The second kappa shape index (κ2) is 3.86. The number of primary amides is 1. The monoisotopic (exact) mass is 284 g/mol. The van der Waals surface area contributed by atoms with E-state index in [4.69, 9.17) is 5.73 Å². The standard InChI is InChI=1S/C10H9BrN2O3/c11-6-1-2-7(13-5-6)10(3-4-10)8(14)16-9(12)15/h1-2,5H,3-4H2,(H2,12,15). The number of nitrogens with zero attached hydrogens (tertiary/aromatic N) is 1. The quantitative estimate of drug-likeness (QED) is 0.659. The topological polar surface area (TPSA) is 82.3 Å². The Bertz CT molecular complexity index is 440. The summed E-state index contributed by atoms with van der Waals surface area (Å²) in [5.74, 6) is -0.616. The Morgan fingerprint density at radius 2 is 2.12 bits per heavy atom. The first-order valence-corrected chi connectivity index (χ1v) is 5.48. The summed E-state index contributed by atoms with van der Waals surface area (Å²) in [4.78, 5) is 26.3. The fourth-order valence-electron chi connectivity index (χ4n) is 1.54. The van der Waals surface area contributed by atoms with E-state index < -0.39 is 17.5 Å². The Labute approximate surface area is 100 Å². The number of amides is 1. The van der Waals surface area contributed by atoms with Gasteiger partial charge in [0, 0.05) is 10.7 Å². The number of carbonyl (C=O) groups is 2. The second-order valence-electron chi connectivity index (χ2n) is 3.65. The normalized spacial score (nSPS) is 16.6. The first-order valence-electron chi connectivity index (χ1n) is 4.68. The number of aromatic nitrogens is 1. The number of rotatable bonds is 2. The highest BCUT2D eigenvalue weighted by atomic mass is 79.9. The molecule has 0 spiro atoms. The van der Waals surface area contributed by atoms with Gasteiger partial charge in [-0.15, -0.1) is 0 Å². The minimum Gasteiger partial charge on any atom is -0.376 e. The van der Waals surface area contributed by atoms with Crippen molar-refractivity contribution in [3.05, 3.63) is 28.5 Å². The first kappa shape index (κ1) is 11.1. The molecule has 0 atom stereocenters. The van der Waals surface area contributed by atoms with Crippen molar-refractivity contribution in [1.29, 1.82) is 0 Å². The Morgan fingerprint density at radius 1 is 1.44 bits per heavy atom. The van der Waals surface area contributed by atoms with Crippen LogP contribution in [-0.2, 0) is 14.9 Å². The van der Waals surface area contributed by atoms with E-state index in [-0.39, 0.29) is 0 Å². The maximum absolute atomic E-state index is 11.6. The van der Waals surface area contributed by atoms with Crippen LogP contribution in [0, 0.1) is 0 Å². The van der Waals surface area contributed by atoms with E-state index >= 15 is 0 Å². The summed E-state index contributed by atoms with van der Waals surface area (Å²) in [6, 6.07) is 3.53. The molecule has 1 amide bonds. The van der Waals surface area contributed by atoms with Crippen LogP contribution >= 0.6 is 15.9 Å². The van der Waals surface area contributed by atoms with Crippen LogP contribution in [0.3, 0.4) is 0 Å². The molecule has 0 bridgehead atoms. The number of halogens is 1. The summed E-state index contributed by atoms with van der Waals surface area (Å²) in [5.41, 5.74) is 4.65. The molecule has 2 rings (SSSR count). The highest BCUT2D eigenvalue weighted by molar-refractivity contribution is 9.10. The molecule has 1 aliphatic rings. The van der Waals surface area contributed by atoms with E-state index in [9.17, 15) is 9.59 Å². The molecule has 6 heteroatoms. The van der Waals surface area contributed by atoms with E-state index in [0.29, 0.717) is 18.5 Å². The summed E-state index contributed by atoms with van der Waals surface area (Å²) in [6.07, 6.45) is 1.79. The summed E-state index contributed by atoms with van der Waals surface area (Å²) in [7, 11) is 0. The van der Waals surface area contributed by atoms with Crippen molar-refractivity contribution in [2.75, 3.05) is 0 Å². The van der Waals surface area contributed by atoms with E-state index in [2.05, 4.69) is 25.7 Å². The van der Waals surface area contributed by atoms with Gasteiger partial charge in [0.05, 0.1) is 5.69 Å². The largest absolute Gasteiger partial charge is 0.412 e. The molecule has 5 nitrogen and oxygen atoms in total. The fraction of sp³-hybridized carbons (Fsp3) is 0.300. The third-order valence-corrected chi connectivity index (χ3v) is 3.02. The molecule has 1 heterocycles. The minimum absolute atomic E-state index is 0.613. The lowest BCUT2D eigenvalue weighted by Crippen LogP contribution is -2.29. The zero-order valence-electron chi connectivity index (χ0n) is 8.27. The number of pyridine rings is 1. The molecule has 0 aliphatic heterocycles. The number of esters is 1. The highest BCUT2D eigenvalue weighted by Gasteiger charge is 2.54. The van der Waals surface area contributed by atoms with E-state index in [0.717, 1.165) is 4.47 Å². The molecule has 1 aromatic heterocycles. The maximum atomic E-state index is 11.6. The zero-order valence-corrected chi connectivity index (χ0v) is 9.86. The highest BCUT2D eigenvalue weighted by Crippen LogP contribution is 2.48. The van der Waals surface area contributed by atoms with Crippen molar-refractivity contribution in [3.8, 4) is 0 Å². The number of hydrogen-bond donors (Lipinski definition) is 1. The van der Waals surface area contributed by atoms with E-state index in [1.807, 2.05) is 0 Å². The SMILES string of the molecule is NC(=O)OC(=O)C1(c2ccc(Br)cn2)CC1. The van der Waals surface area contributed by atoms with Gasteiger partial charge in [-0.25, -0.2) is 4.79 Å². The lowest BCUT2D eigenvalue weighted by Gasteiger charge is -2.11. The molecule has 84 valence electrons. The van der Waals surface area contributed by atoms with Crippen molar-refractivity contribution in [3.63, 3.8) is 0 Å². The molecule has 1 saturated carbocycles. The minimum atomic E-state index is -1.08. The number of hydrogen-bond acceptors (Lipinski definition) is 4. The predicted molar refractivity (Wildman–Crippen MR) is 58.5 cm³/mol. The van der Waals surface area contributed by atoms with Crippen molar-refractivity contribution in [1.82, 2.24) is 4.98 Å². The van der Waals surface area contributed by atoms with Gasteiger partial charge in [0.1, 0.15) is 5.41 Å². The number of ether oxygens (including phenoxy) is 1. The Balaban J connectivity index is 2.22. The molecule has 1 aliphatic carbocycles. The second-order valence-corrected chi connectivity index (χ2v) is 4.57. The van der Waals surface area contributed by atoms with Crippen LogP contribution in [0.1, 0.15) is 18.5 Å². The summed E-state index contributed by atoms with van der Waals surface area (Å²) in [5, 5.41) is 0. The molecule has 0 saturated heterocycles. The van der Waals surface area contributed by atoms with Crippen molar-refractivity contribution in [2.24, 2.45) is 5.73 Å². The summed E-state index contributed by atoms with van der Waals surface area (Å²) in [6.45, 7) is 0. The third kappa shape index (κ3) is 1.92. The molecule has 0 unspecified atom stereocenters. The van der Waals surface area contributed by atoms with Gasteiger partial charge in [0.2, 0.25) is 0 Å². The van der Waals surface area contributed by atoms with Crippen molar-refractivity contribution in [2.45, 2.75) is 18.3 Å². The van der Waals surface area contributed by atoms with Crippen LogP contribution in [0.2, 0.25) is 0 Å². The van der Waals surface area contributed by atoms with E-state index in [1.165, 1.54) is 0 Å². The van der Waals surface area contributed by atoms with Gasteiger partial charge in [-0.1, -0.05) is 0 Å². The molecule has 0 aromatic carbocycles. The number of nitrogens with two attached hydrogens (primary N) is 1. The molecule has 1 fully saturated rings. The number of carbonyl (C=O) groups excluding carboxylic acids is 2. The van der Waals surface area contributed by atoms with Gasteiger partial charge in [-0.3, -0.25) is 9.78 Å². The third-order valence-electron chi connectivity index (χ3n) is 2.55. The van der Waals surface area contributed by atoms with Gasteiger partial charge < -0.3 is 10.5 Å². The molecular formula is C10H9BrN2O3. The maximum Gasteiger partial charge on any atom is 0.412 e. The molecule has 2 N–H and O–H groups in total. The lowest BCUT2D eigenvalue weighted by atomic mass is 10.0. The molecular weight excluding hydrogens is 276 g/mol. The van der Waals surface area contributed by atoms with Crippen LogP contribution in [-0.4, -0.2) is 17.0 Å². The van der Waals surface area contributed by atoms with E-state index in [1.54, 1.807) is 18.3 Å². The lowest BCUT2D eigenvalue weighted by molar-refractivity contribution is -0.140. The Morgan fingerprint density at radius 3 is 2.56 bits per heavy atom. The van der Waals surface area contributed by atoms with Crippen LogP contribution in [0.15, 0.2) is 22.8 Å². The average Bonchev–Trinajstić information content (AvgIpc) is 2.98. The predicted octanol–water partition coefficient (Wildman–Crippen LogP) is 1.50. The van der Waals surface area contributed by atoms with Gasteiger partial charge >= 0.3 is 12.1 Å². The Hall–Kier alpha value is -1.43. The zero-order chi connectivity index (χ0) is 11.8. The van der Waals surface area contributed by atoms with Gasteiger partial charge in [0.25, 0.3) is 0 Å². The van der Waals surface area contributed by atoms with Gasteiger partial charge in [-0.05, 0) is 40.9 Å². The molecule has 16 heavy (non-hydrogen) atoms. The Kier molecular flexibility index (Phi) is 2.67. The smallest absolute Gasteiger partial charge is 0.376 e. The molecule has 1 aromatic rings. The van der Waals surface area contributed by atoms with Crippen molar-refractivity contribution >= 4 is 28.0 Å². The first-order chi connectivity index (χ1) is 7.54. The van der Waals surface area contributed by atoms with Crippen LogP contribution in [0.4, 0.5) is 4.79 Å². The van der Waals surface area contributed by atoms with Gasteiger partial charge in [0.15, 0.2) is 0 Å². The molecule has 0 radical (unpaired) electrons. The summed E-state index contributed by atoms with van der Waals surface area (Å²) >= 11 is 3.26. The summed E-state index contributed by atoms with van der Waals surface area (Å²) < 4.78 is 5.24. The van der Waals surface area contributed by atoms with Gasteiger partial charge in [-0.2, -0.15) is 0 Å².